The number of carbonyl (C=O) groups is 1. The maximum Gasteiger partial charge on any atom is 0.303 e. The Morgan fingerprint density at radius 1 is 1.19 bits per heavy atom. The van der Waals surface area contributed by atoms with Crippen molar-refractivity contribution in [1.82, 2.24) is 0 Å². The number of fused-ring (bicyclic) bond motifs is 3. The molecule has 37 heavy (non-hydrogen) atoms. The third-order valence-corrected chi connectivity index (χ3v) is 12.1. The van der Waals surface area contributed by atoms with Gasteiger partial charge in [0.15, 0.2) is 0 Å². The largest absolute Gasteiger partial charge is 0.455 e. The molecular formula is C31H50O6. The zero-order valence-electron chi connectivity index (χ0n) is 23.8. The predicted molar refractivity (Wildman–Crippen MR) is 142 cm³/mol. The van der Waals surface area contributed by atoms with Crippen LogP contribution in [0.3, 0.4) is 0 Å². The molecule has 0 bridgehead atoms. The number of hydrogen-bond donors (Lipinski definition) is 3. The number of carbonyl (C=O) groups excluding carboxylic acids is 1. The van der Waals surface area contributed by atoms with Gasteiger partial charge in [-0.05, 0) is 85.2 Å². The number of rotatable bonds is 8. The van der Waals surface area contributed by atoms with Crippen molar-refractivity contribution in [2.45, 2.75) is 129 Å². The van der Waals surface area contributed by atoms with Crippen molar-refractivity contribution < 1.29 is 29.6 Å². The van der Waals surface area contributed by atoms with Crippen molar-refractivity contribution in [3.8, 4) is 0 Å². The van der Waals surface area contributed by atoms with Crippen LogP contribution in [-0.4, -0.2) is 57.4 Å². The number of aliphatic hydroxyl groups excluding tert-OH is 2. The molecule has 1 saturated heterocycles. The van der Waals surface area contributed by atoms with Crippen molar-refractivity contribution in [2.75, 3.05) is 6.61 Å². The number of ether oxygens (including phenoxy) is 2. The minimum absolute atomic E-state index is 0.0564. The second-order valence-electron chi connectivity index (χ2n) is 14.0. The predicted octanol–water partition coefficient (Wildman–Crippen LogP) is 4.79. The van der Waals surface area contributed by atoms with Crippen LogP contribution in [0, 0.1) is 40.4 Å². The monoisotopic (exact) mass is 518 g/mol. The first kappa shape index (κ1) is 27.6. The summed E-state index contributed by atoms with van der Waals surface area (Å²) in [6.45, 7) is 13.0. The molecule has 6 heteroatoms. The Morgan fingerprint density at radius 3 is 2.54 bits per heavy atom. The van der Waals surface area contributed by atoms with Crippen LogP contribution in [0.4, 0.5) is 0 Å². The maximum absolute atomic E-state index is 12.2. The normalized spacial score (nSPS) is 47.7. The van der Waals surface area contributed by atoms with E-state index >= 15 is 0 Å². The fourth-order valence-electron chi connectivity index (χ4n) is 10.0. The molecule has 4 fully saturated rings. The molecule has 0 aromatic rings. The van der Waals surface area contributed by atoms with Gasteiger partial charge in [0.05, 0.1) is 24.2 Å². The van der Waals surface area contributed by atoms with E-state index in [-0.39, 0.29) is 30.5 Å². The molecule has 0 amide bonds. The van der Waals surface area contributed by atoms with Crippen LogP contribution >= 0.6 is 0 Å². The van der Waals surface area contributed by atoms with Crippen molar-refractivity contribution >= 4 is 5.97 Å². The van der Waals surface area contributed by atoms with E-state index in [1.54, 1.807) is 0 Å². The topological polar surface area (TPSA) is 99.5 Å². The summed E-state index contributed by atoms with van der Waals surface area (Å²) >= 11 is 0. The average Bonchev–Trinajstić information content (AvgIpc) is 3.43. The highest BCUT2D eigenvalue weighted by atomic mass is 16.6. The van der Waals surface area contributed by atoms with Crippen LogP contribution < -0.4 is 0 Å². The molecule has 1 spiro atoms. The fraction of sp³-hybridized carbons (Fsp3) is 0.903. The van der Waals surface area contributed by atoms with Gasteiger partial charge < -0.3 is 24.8 Å². The molecule has 0 aromatic carbocycles. The molecule has 0 radical (unpaired) electrons. The van der Waals surface area contributed by atoms with Crippen LogP contribution in [0.25, 0.3) is 0 Å². The van der Waals surface area contributed by atoms with Crippen molar-refractivity contribution in [2.24, 2.45) is 40.4 Å². The minimum atomic E-state index is -1.56. The lowest BCUT2D eigenvalue weighted by Crippen LogP contribution is -2.72. The van der Waals surface area contributed by atoms with Gasteiger partial charge in [0, 0.05) is 13.3 Å². The van der Waals surface area contributed by atoms with Crippen molar-refractivity contribution in [3.63, 3.8) is 0 Å². The van der Waals surface area contributed by atoms with Crippen molar-refractivity contribution in [1.29, 1.82) is 0 Å². The number of epoxide rings is 1. The Labute approximate surface area is 223 Å². The SMILES string of the molecule is CC[C@H](CC[C@@H](C)[C@H]1CC[C@H]2C3=C[C@H](OC(C)=O)[C@@]4(O)C[C@@H](O)CC[C@]4(CO)[C@]34O[C@@H]4C[C@]12C)C(C)C. The third-order valence-electron chi connectivity index (χ3n) is 12.1. The van der Waals surface area contributed by atoms with Crippen LogP contribution in [0.15, 0.2) is 11.6 Å². The van der Waals surface area contributed by atoms with Crippen LogP contribution in [0.2, 0.25) is 0 Å². The van der Waals surface area contributed by atoms with Gasteiger partial charge in [-0.2, -0.15) is 0 Å². The Morgan fingerprint density at radius 2 is 1.92 bits per heavy atom. The molecule has 5 rings (SSSR count). The van der Waals surface area contributed by atoms with Gasteiger partial charge in [0.25, 0.3) is 0 Å². The van der Waals surface area contributed by atoms with Crippen LogP contribution in [-0.2, 0) is 14.3 Å². The van der Waals surface area contributed by atoms with Gasteiger partial charge in [-0.25, -0.2) is 0 Å². The molecule has 0 unspecified atom stereocenters. The molecule has 3 saturated carbocycles. The second kappa shape index (κ2) is 9.31. The van der Waals surface area contributed by atoms with Crippen LogP contribution in [0.5, 0.6) is 0 Å². The summed E-state index contributed by atoms with van der Waals surface area (Å²) in [6, 6.07) is 0. The molecule has 4 aliphatic carbocycles. The standard InChI is InChI=1S/C31H50O6/c1-7-21(18(2)3)9-8-19(4)23-10-11-24-25-14-26(36-20(5)33)30(35)15-22(34)12-13-29(30,17-32)31(25)27(37-31)16-28(23,24)6/h14,18-19,21-24,26-27,32,34-35H,7-13,15-17H2,1-6H3/t19-,21-,22+,23-,24+,26+,27-,28-,29-,30+,31+/m1/s1. The smallest absolute Gasteiger partial charge is 0.303 e. The highest BCUT2D eigenvalue weighted by Gasteiger charge is 2.83. The Kier molecular flexibility index (Phi) is 6.95. The van der Waals surface area contributed by atoms with E-state index in [9.17, 15) is 20.1 Å². The zero-order chi connectivity index (χ0) is 27.0. The molecule has 3 N–H and O–H groups in total. The summed E-state index contributed by atoms with van der Waals surface area (Å²) in [4.78, 5) is 12.2. The third kappa shape index (κ3) is 3.75. The van der Waals surface area contributed by atoms with E-state index < -0.39 is 34.8 Å². The highest BCUT2D eigenvalue weighted by Crippen LogP contribution is 2.76. The molecule has 210 valence electrons. The summed E-state index contributed by atoms with van der Waals surface area (Å²) in [5.41, 5.74) is -2.04. The van der Waals surface area contributed by atoms with Gasteiger partial charge in [-0.15, -0.1) is 0 Å². The Bertz CT molecular complexity index is 931. The number of esters is 1. The van der Waals surface area contributed by atoms with E-state index in [0.717, 1.165) is 24.3 Å². The van der Waals surface area contributed by atoms with E-state index in [4.69, 9.17) is 9.47 Å². The summed E-state index contributed by atoms with van der Waals surface area (Å²) in [7, 11) is 0. The van der Waals surface area contributed by atoms with Gasteiger partial charge in [-0.3, -0.25) is 4.79 Å². The Balaban J connectivity index is 1.50. The molecule has 5 aliphatic rings. The fourth-order valence-corrected chi connectivity index (χ4v) is 10.0. The molecular weight excluding hydrogens is 468 g/mol. The summed E-state index contributed by atoms with van der Waals surface area (Å²) in [5.74, 6) is 2.52. The molecule has 0 aromatic heterocycles. The van der Waals surface area contributed by atoms with Crippen molar-refractivity contribution in [3.05, 3.63) is 11.6 Å². The zero-order valence-corrected chi connectivity index (χ0v) is 23.8. The first-order valence-corrected chi connectivity index (χ1v) is 15.0. The first-order valence-electron chi connectivity index (χ1n) is 15.0. The van der Waals surface area contributed by atoms with Gasteiger partial charge >= 0.3 is 5.97 Å². The number of aliphatic hydroxyl groups is 3. The van der Waals surface area contributed by atoms with Gasteiger partial charge in [-0.1, -0.05) is 47.5 Å². The molecule has 1 aliphatic heterocycles. The maximum atomic E-state index is 12.2. The Hall–Kier alpha value is -0.950. The molecule has 6 nitrogen and oxygen atoms in total. The lowest BCUT2D eigenvalue weighted by molar-refractivity contribution is -0.237. The minimum Gasteiger partial charge on any atom is -0.455 e. The second-order valence-corrected chi connectivity index (χ2v) is 14.0. The van der Waals surface area contributed by atoms with Gasteiger partial charge in [0.2, 0.25) is 0 Å². The van der Waals surface area contributed by atoms with E-state index in [0.29, 0.717) is 30.6 Å². The quantitative estimate of drug-likeness (QED) is 0.243. The van der Waals surface area contributed by atoms with E-state index in [1.165, 1.54) is 32.6 Å². The average molecular weight is 519 g/mol. The highest BCUT2D eigenvalue weighted by molar-refractivity contribution is 5.67. The molecule has 11 atom stereocenters. The lowest BCUT2D eigenvalue weighted by Gasteiger charge is -2.61. The molecule has 1 heterocycles. The van der Waals surface area contributed by atoms with Gasteiger partial charge in [0.1, 0.15) is 17.3 Å². The first-order chi connectivity index (χ1) is 17.4. The van der Waals surface area contributed by atoms with E-state index in [1.807, 2.05) is 6.08 Å². The van der Waals surface area contributed by atoms with Crippen LogP contribution in [0.1, 0.15) is 99.3 Å². The van der Waals surface area contributed by atoms with E-state index in [2.05, 4.69) is 34.6 Å². The summed E-state index contributed by atoms with van der Waals surface area (Å²) < 4.78 is 12.4. The lowest BCUT2D eigenvalue weighted by atomic mass is 9.44. The summed E-state index contributed by atoms with van der Waals surface area (Å²) in [5, 5.41) is 33.7. The summed E-state index contributed by atoms with van der Waals surface area (Å²) in [6.07, 6.45) is 8.27. The number of hydrogen-bond acceptors (Lipinski definition) is 6.